The first-order chi connectivity index (χ1) is 11.2. The fraction of sp³-hybridized carbons (Fsp3) is 0.381. The van der Waals surface area contributed by atoms with Gasteiger partial charge in [0.1, 0.15) is 0 Å². The van der Waals surface area contributed by atoms with Gasteiger partial charge in [0.15, 0.2) is 0 Å². The summed E-state index contributed by atoms with van der Waals surface area (Å²) in [5, 5.41) is 11.4. The minimum atomic E-state index is -1.12. The summed E-state index contributed by atoms with van der Waals surface area (Å²) in [6.07, 6.45) is 6.74. The summed E-state index contributed by atoms with van der Waals surface area (Å²) in [6.45, 7) is 4.32. The Hall–Kier alpha value is -2.09. The van der Waals surface area contributed by atoms with Crippen molar-refractivity contribution in [3.63, 3.8) is 0 Å². The lowest BCUT2D eigenvalue weighted by atomic mass is 9.94. The Morgan fingerprint density at radius 2 is 1.57 bits per heavy atom. The highest BCUT2D eigenvalue weighted by Crippen LogP contribution is 2.26. The second-order valence-electron chi connectivity index (χ2n) is 6.07. The van der Waals surface area contributed by atoms with Gasteiger partial charge in [-0.25, -0.2) is 0 Å². The molecular weight excluding hydrogens is 284 g/mol. The SMILES string of the molecule is CCCCCc1ccc(-c2cc(CCC)ccc2C(=O)[O-])cc1. The van der Waals surface area contributed by atoms with E-state index in [2.05, 4.69) is 26.0 Å². The van der Waals surface area contributed by atoms with Crippen molar-refractivity contribution in [3.8, 4) is 11.1 Å². The lowest BCUT2D eigenvalue weighted by Gasteiger charge is -2.13. The van der Waals surface area contributed by atoms with E-state index in [1.165, 1.54) is 30.4 Å². The van der Waals surface area contributed by atoms with Gasteiger partial charge >= 0.3 is 0 Å². The molecule has 0 atom stereocenters. The van der Waals surface area contributed by atoms with Gasteiger partial charge < -0.3 is 9.90 Å². The van der Waals surface area contributed by atoms with Crippen molar-refractivity contribution in [2.75, 3.05) is 0 Å². The number of aromatic carboxylic acids is 1. The van der Waals surface area contributed by atoms with Crippen molar-refractivity contribution in [2.24, 2.45) is 0 Å². The quantitative estimate of drug-likeness (QED) is 0.678. The van der Waals surface area contributed by atoms with Crippen LogP contribution >= 0.6 is 0 Å². The van der Waals surface area contributed by atoms with Gasteiger partial charge in [0.05, 0.1) is 5.97 Å². The van der Waals surface area contributed by atoms with E-state index in [4.69, 9.17) is 0 Å². The molecule has 0 unspecified atom stereocenters. The number of unbranched alkanes of at least 4 members (excludes halogenated alkanes) is 2. The van der Waals surface area contributed by atoms with Crippen LogP contribution in [0.1, 0.15) is 61.0 Å². The predicted octanol–water partition coefficient (Wildman–Crippen LogP) is 4.40. The molecule has 0 radical (unpaired) electrons. The number of hydrogen-bond donors (Lipinski definition) is 0. The summed E-state index contributed by atoms with van der Waals surface area (Å²) in [6, 6.07) is 13.8. The molecule has 2 rings (SSSR count). The van der Waals surface area contributed by atoms with Gasteiger partial charge in [-0.3, -0.25) is 0 Å². The van der Waals surface area contributed by atoms with Crippen molar-refractivity contribution >= 4 is 5.97 Å². The van der Waals surface area contributed by atoms with Crippen LogP contribution in [0.15, 0.2) is 42.5 Å². The molecule has 2 heteroatoms. The van der Waals surface area contributed by atoms with Gasteiger partial charge in [0.25, 0.3) is 0 Å². The van der Waals surface area contributed by atoms with E-state index in [9.17, 15) is 9.90 Å². The third kappa shape index (κ3) is 4.69. The van der Waals surface area contributed by atoms with Crippen molar-refractivity contribution in [1.82, 2.24) is 0 Å². The first kappa shape index (κ1) is 17.3. The summed E-state index contributed by atoms with van der Waals surface area (Å²) in [7, 11) is 0. The minimum absolute atomic E-state index is 0.267. The molecule has 0 aromatic heterocycles. The van der Waals surface area contributed by atoms with Crippen molar-refractivity contribution < 1.29 is 9.90 Å². The lowest BCUT2D eigenvalue weighted by molar-refractivity contribution is -0.254. The molecule has 0 saturated heterocycles. The standard InChI is InChI=1S/C21H26O2/c1-3-5-6-8-16-9-12-18(13-10-16)20-15-17(7-4-2)11-14-19(20)21(22)23/h9-15H,3-8H2,1-2H3,(H,22,23)/p-1. The number of carboxylic acid groups (broad SMARTS) is 1. The molecule has 0 N–H and O–H groups in total. The number of carbonyl (C=O) groups excluding carboxylic acids is 1. The Balaban J connectivity index is 2.28. The van der Waals surface area contributed by atoms with E-state index >= 15 is 0 Å². The molecule has 0 bridgehead atoms. The minimum Gasteiger partial charge on any atom is -0.545 e. The molecule has 0 fully saturated rings. The Kier molecular flexibility index (Phi) is 6.40. The van der Waals surface area contributed by atoms with Crippen LogP contribution in [0, 0.1) is 0 Å². The van der Waals surface area contributed by atoms with Gasteiger partial charge in [-0.15, -0.1) is 0 Å². The van der Waals surface area contributed by atoms with E-state index < -0.39 is 5.97 Å². The Morgan fingerprint density at radius 3 is 2.17 bits per heavy atom. The Morgan fingerprint density at radius 1 is 0.870 bits per heavy atom. The van der Waals surface area contributed by atoms with Gasteiger partial charge in [-0.1, -0.05) is 75.6 Å². The molecule has 0 heterocycles. The van der Waals surface area contributed by atoms with Crippen LogP contribution in [-0.4, -0.2) is 5.97 Å². The second-order valence-corrected chi connectivity index (χ2v) is 6.07. The third-order valence-electron chi connectivity index (χ3n) is 4.18. The fourth-order valence-electron chi connectivity index (χ4n) is 2.88. The molecule has 0 aliphatic heterocycles. The number of carboxylic acids is 1. The lowest BCUT2D eigenvalue weighted by Crippen LogP contribution is -2.23. The topological polar surface area (TPSA) is 40.1 Å². The van der Waals surface area contributed by atoms with Crippen molar-refractivity contribution in [1.29, 1.82) is 0 Å². The van der Waals surface area contributed by atoms with E-state index in [1.807, 2.05) is 24.3 Å². The van der Waals surface area contributed by atoms with Gasteiger partial charge in [0.2, 0.25) is 0 Å². The van der Waals surface area contributed by atoms with Crippen molar-refractivity contribution in [2.45, 2.75) is 52.4 Å². The van der Waals surface area contributed by atoms with Crippen molar-refractivity contribution in [3.05, 3.63) is 59.2 Å². The molecule has 0 saturated carbocycles. The fourth-order valence-corrected chi connectivity index (χ4v) is 2.88. The van der Waals surface area contributed by atoms with Gasteiger partial charge in [-0.2, -0.15) is 0 Å². The summed E-state index contributed by atoms with van der Waals surface area (Å²) in [4.78, 5) is 11.4. The molecule has 122 valence electrons. The zero-order valence-electron chi connectivity index (χ0n) is 14.1. The van der Waals surface area contributed by atoms with E-state index in [-0.39, 0.29) is 5.56 Å². The Labute approximate surface area is 139 Å². The highest BCUT2D eigenvalue weighted by atomic mass is 16.4. The number of benzene rings is 2. The van der Waals surface area contributed by atoms with Crippen LogP contribution in [0.3, 0.4) is 0 Å². The summed E-state index contributed by atoms with van der Waals surface area (Å²) >= 11 is 0. The average molecular weight is 309 g/mol. The van der Waals surface area contributed by atoms with E-state index in [0.717, 1.165) is 30.4 Å². The third-order valence-corrected chi connectivity index (χ3v) is 4.18. The maximum atomic E-state index is 11.4. The largest absolute Gasteiger partial charge is 0.545 e. The molecule has 0 aliphatic carbocycles. The number of hydrogen-bond acceptors (Lipinski definition) is 2. The van der Waals surface area contributed by atoms with Gasteiger partial charge in [0, 0.05) is 5.56 Å². The molecule has 0 amide bonds. The molecule has 2 aromatic carbocycles. The molecule has 2 nitrogen and oxygen atoms in total. The molecule has 2 aromatic rings. The molecular formula is C21H25O2-. The first-order valence-electron chi connectivity index (χ1n) is 8.59. The van der Waals surface area contributed by atoms with Crippen LogP contribution in [0.2, 0.25) is 0 Å². The van der Waals surface area contributed by atoms with Crippen LogP contribution in [0.4, 0.5) is 0 Å². The highest BCUT2D eigenvalue weighted by molar-refractivity contribution is 5.94. The average Bonchev–Trinajstić information content (AvgIpc) is 2.56. The number of carbonyl (C=O) groups is 1. The van der Waals surface area contributed by atoms with Gasteiger partial charge in [-0.05, 0) is 41.5 Å². The van der Waals surface area contributed by atoms with E-state index in [1.54, 1.807) is 6.07 Å². The van der Waals surface area contributed by atoms with Crippen LogP contribution < -0.4 is 5.11 Å². The van der Waals surface area contributed by atoms with Crippen LogP contribution in [0.25, 0.3) is 11.1 Å². The summed E-state index contributed by atoms with van der Waals surface area (Å²) < 4.78 is 0. The molecule has 0 spiro atoms. The maximum Gasteiger partial charge on any atom is 0.0721 e. The monoisotopic (exact) mass is 309 g/mol. The zero-order chi connectivity index (χ0) is 16.7. The smallest absolute Gasteiger partial charge is 0.0721 e. The second kappa shape index (κ2) is 8.52. The maximum absolute atomic E-state index is 11.4. The zero-order valence-corrected chi connectivity index (χ0v) is 14.1. The van der Waals surface area contributed by atoms with E-state index in [0.29, 0.717) is 0 Å². The highest BCUT2D eigenvalue weighted by Gasteiger charge is 2.08. The Bertz CT molecular complexity index is 641. The summed E-state index contributed by atoms with van der Waals surface area (Å²) in [5.41, 5.74) is 4.45. The number of aryl methyl sites for hydroxylation is 2. The summed E-state index contributed by atoms with van der Waals surface area (Å²) in [5.74, 6) is -1.12. The van der Waals surface area contributed by atoms with Crippen LogP contribution in [-0.2, 0) is 12.8 Å². The van der Waals surface area contributed by atoms with Crippen LogP contribution in [0.5, 0.6) is 0 Å². The predicted molar refractivity (Wildman–Crippen MR) is 93.4 cm³/mol. The molecule has 0 aliphatic rings. The number of rotatable bonds is 8. The normalized spacial score (nSPS) is 10.7. The molecule has 23 heavy (non-hydrogen) atoms. The first-order valence-corrected chi connectivity index (χ1v) is 8.59.